The highest BCUT2D eigenvalue weighted by atomic mass is 32.2. The van der Waals surface area contributed by atoms with E-state index in [9.17, 15) is 14.7 Å². The molecular formula is C15H14O3S2. The van der Waals surface area contributed by atoms with Crippen molar-refractivity contribution in [1.82, 2.24) is 0 Å². The lowest BCUT2D eigenvalue weighted by Gasteiger charge is -2.05. The molecule has 1 aromatic rings. The Morgan fingerprint density at radius 2 is 1.75 bits per heavy atom. The summed E-state index contributed by atoms with van der Waals surface area (Å²) >= 11 is 2.98. The summed E-state index contributed by atoms with van der Waals surface area (Å²) in [6, 6.07) is 9.86. The minimum atomic E-state index is -1.08. The van der Waals surface area contributed by atoms with Crippen LogP contribution in [0, 0.1) is 5.92 Å². The number of ketones is 1. The van der Waals surface area contributed by atoms with Crippen molar-refractivity contribution < 1.29 is 14.7 Å². The van der Waals surface area contributed by atoms with Crippen LogP contribution in [0.5, 0.6) is 0 Å². The summed E-state index contributed by atoms with van der Waals surface area (Å²) in [4.78, 5) is 23.9. The molecule has 3 rings (SSSR count). The first-order valence-corrected chi connectivity index (χ1v) is 8.48. The predicted octanol–water partition coefficient (Wildman–Crippen LogP) is 3.14. The van der Waals surface area contributed by atoms with Gasteiger partial charge in [-0.15, -0.1) is 23.5 Å². The van der Waals surface area contributed by atoms with Crippen molar-refractivity contribution in [2.45, 2.75) is 12.3 Å². The van der Waals surface area contributed by atoms with Crippen LogP contribution in [0.3, 0.4) is 0 Å². The Balaban J connectivity index is 1.80. The standard InChI is InChI=1S/C15H14O3S2/c16-13(12(14(17)18)15-19-6-7-20-15)11-8-10(11)9-4-2-1-3-5-9/h1-5,10-11H,6-8H2,(H,17,18)/t10-,11+/m1/s1. The van der Waals surface area contributed by atoms with E-state index in [4.69, 9.17) is 0 Å². The summed E-state index contributed by atoms with van der Waals surface area (Å²) in [5.74, 6) is 0.537. The monoisotopic (exact) mass is 306 g/mol. The fourth-order valence-electron chi connectivity index (χ4n) is 2.49. The molecule has 1 saturated heterocycles. The van der Waals surface area contributed by atoms with Gasteiger partial charge in [0.25, 0.3) is 0 Å². The molecule has 1 N–H and O–H groups in total. The number of hydrogen-bond acceptors (Lipinski definition) is 4. The normalized spacial score (nSPS) is 24.5. The fraction of sp³-hybridized carbons (Fsp3) is 0.333. The largest absolute Gasteiger partial charge is 0.478 e. The van der Waals surface area contributed by atoms with Crippen molar-refractivity contribution in [1.29, 1.82) is 0 Å². The molecule has 2 atom stereocenters. The van der Waals surface area contributed by atoms with Gasteiger partial charge in [-0.25, -0.2) is 4.79 Å². The first-order chi connectivity index (χ1) is 9.68. The van der Waals surface area contributed by atoms with E-state index in [1.807, 2.05) is 30.3 Å². The van der Waals surface area contributed by atoms with Crippen molar-refractivity contribution in [2.75, 3.05) is 11.5 Å². The summed E-state index contributed by atoms with van der Waals surface area (Å²) < 4.78 is 0.696. The fourth-order valence-corrected chi connectivity index (χ4v) is 5.02. The molecule has 2 aliphatic rings. The molecule has 0 spiro atoms. The van der Waals surface area contributed by atoms with Gasteiger partial charge < -0.3 is 5.11 Å². The second-order valence-electron chi connectivity index (χ2n) is 4.89. The van der Waals surface area contributed by atoms with E-state index < -0.39 is 5.97 Å². The molecular weight excluding hydrogens is 292 g/mol. The first-order valence-electron chi connectivity index (χ1n) is 6.51. The number of carbonyl (C=O) groups is 2. The maximum Gasteiger partial charge on any atom is 0.341 e. The SMILES string of the molecule is O=C(O)C(C(=O)[C@H]1C[C@@H]1c1ccccc1)=C1SCCS1. The number of carbonyl (C=O) groups excluding carboxylic acids is 1. The third-order valence-corrected chi connectivity index (χ3v) is 6.28. The number of hydrogen-bond donors (Lipinski definition) is 1. The Hall–Kier alpha value is -1.20. The highest BCUT2D eigenvalue weighted by Gasteiger charge is 2.46. The second kappa shape index (κ2) is 5.66. The topological polar surface area (TPSA) is 54.4 Å². The molecule has 1 aromatic carbocycles. The third kappa shape index (κ3) is 2.65. The van der Waals surface area contributed by atoms with Gasteiger partial charge in [-0.1, -0.05) is 30.3 Å². The number of benzene rings is 1. The summed E-state index contributed by atoms with van der Waals surface area (Å²) in [6.07, 6.45) is 0.766. The highest BCUT2D eigenvalue weighted by Crippen LogP contribution is 2.50. The van der Waals surface area contributed by atoms with Gasteiger partial charge in [0.15, 0.2) is 5.78 Å². The molecule has 0 aromatic heterocycles. The molecule has 0 radical (unpaired) electrons. The van der Waals surface area contributed by atoms with Crippen LogP contribution in [0.4, 0.5) is 0 Å². The lowest BCUT2D eigenvalue weighted by Crippen LogP contribution is -2.15. The summed E-state index contributed by atoms with van der Waals surface area (Å²) in [5, 5.41) is 9.33. The van der Waals surface area contributed by atoms with E-state index >= 15 is 0 Å². The molecule has 0 bridgehead atoms. The van der Waals surface area contributed by atoms with Crippen molar-refractivity contribution >= 4 is 35.3 Å². The molecule has 20 heavy (non-hydrogen) atoms. The maximum absolute atomic E-state index is 12.5. The molecule has 0 unspecified atom stereocenters. The lowest BCUT2D eigenvalue weighted by molar-refractivity contribution is -0.134. The van der Waals surface area contributed by atoms with Gasteiger partial charge in [0.1, 0.15) is 5.57 Å². The molecule has 5 heteroatoms. The van der Waals surface area contributed by atoms with Gasteiger partial charge >= 0.3 is 5.97 Å². The van der Waals surface area contributed by atoms with Crippen molar-refractivity contribution in [2.24, 2.45) is 5.92 Å². The van der Waals surface area contributed by atoms with Crippen LogP contribution in [-0.4, -0.2) is 28.4 Å². The highest BCUT2D eigenvalue weighted by molar-refractivity contribution is 8.25. The zero-order valence-electron chi connectivity index (χ0n) is 10.7. The van der Waals surface area contributed by atoms with Crippen molar-refractivity contribution in [3.05, 3.63) is 45.7 Å². The molecule has 1 aliphatic heterocycles. The van der Waals surface area contributed by atoms with Crippen LogP contribution < -0.4 is 0 Å². The molecule has 3 nitrogen and oxygen atoms in total. The van der Waals surface area contributed by atoms with E-state index in [-0.39, 0.29) is 23.2 Å². The summed E-state index contributed by atoms with van der Waals surface area (Å²) in [7, 11) is 0. The summed E-state index contributed by atoms with van der Waals surface area (Å²) in [5.41, 5.74) is 1.15. The number of thioether (sulfide) groups is 2. The number of rotatable bonds is 4. The smallest absolute Gasteiger partial charge is 0.341 e. The average molecular weight is 306 g/mol. The summed E-state index contributed by atoms with van der Waals surface area (Å²) in [6.45, 7) is 0. The zero-order chi connectivity index (χ0) is 14.1. The van der Waals surface area contributed by atoms with Crippen LogP contribution in [0.1, 0.15) is 17.9 Å². The van der Waals surface area contributed by atoms with Crippen LogP contribution in [0.2, 0.25) is 0 Å². The Morgan fingerprint density at radius 3 is 2.35 bits per heavy atom. The van der Waals surface area contributed by atoms with Gasteiger partial charge in [-0.2, -0.15) is 0 Å². The Bertz CT molecular complexity index is 572. The molecule has 1 saturated carbocycles. The average Bonchev–Trinajstić information content (AvgIpc) is 3.09. The number of carboxylic acids is 1. The van der Waals surface area contributed by atoms with Gasteiger partial charge in [0, 0.05) is 17.4 Å². The Morgan fingerprint density at radius 1 is 1.10 bits per heavy atom. The van der Waals surface area contributed by atoms with E-state index in [0.717, 1.165) is 23.5 Å². The van der Waals surface area contributed by atoms with Gasteiger partial charge in [0.05, 0.1) is 4.24 Å². The van der Waals surface area contributed by atoms with Crippen LogP contribution in [0.25, 0.3) is 0 Å². The zero-order valence-corrected chi connectivity index (χ0v) is 12.4. The second-order valence-corrected chi connectivity index (χ2v) is 7.36. The lowest BCUT2D eigenvalue weighted by atomic mass is 10.0. The van der Waals surface area contributed by atoms with E-state index in [1.54, 1.807) is 0 Å². The van der Waals surface area contributed by atoms with Crippen LogP contribution in [0.15, 0.2) is 40.1 Å². The van der Waals surface area contributed by atoms with Gasteiger partial charge in [-0.05, 0) is 17.9 Å². The Labute approximate surface area is 125 Å². The number of aliphatic carboxylic acids is 1. The minimum absolute atomic E-state index is 0.0148. The predicted molar refractivity (Wildman–Crippen MR) is 81.9 cm³/mol. The van der Waals surface area contributed by atoms with Crippen molar-refractivity contribution in [3.63, 3.8) is 0 Å². The molecule has 1 aliphatic carbocycles. The number of carboxylic acid groups (broad SMARTS) is 1. The van der Waals surface area contributed by atoms with Crippen LogP contribution in [-0.2, 0) is 9.59 Å². The molecule has 104 valence electrons. The maximum atomic E-state index is 12.5. The van der Waals surface area contributed by atoms with Crippen molar-refractivity contribution in [3.8, 4) is 0 Å². The molecule has 1 heterocycles. The molecule has 0 amide bonds. The molecule has 2 fully saturated rings. The van der Waals surface area contributed by atoms with E-state index in [1.165, 1.54) is 23.5 Å². The van der Waals surface area contributed by atoms with Gasteiger partial charge in [0.2, 0.25) is 0 Å². The van der Waals surface area contributed by atoms with Crippen LogP contribution >= 0.6 is 23.5 Å². The van der Waals surface area contributed by atoms with E-state index in [0.29, 0.717) is 4.24 Å². The quantitative estimate of drug-likeness (QED) is 0.526. The third-order valence-electron chi connectivity index (χ3n) is 3.57. The minimum Gasteiger partial charge on any atom is -0.478 e. The van der Waals surface area contributed by atoms with E-state index in [2.05, 4.69) is 0 Å². The van der Waals surface area contributed by atoms with Gasteiger partial charge in [-0.3, -0.25) is 4.79 Å². The first kappa shape index (κ1) is 13.8. The number of Topliss-reactive ketones (excluding diaryl/α,β-unsaturated/α-hetero) is 1. The Kier molecular flexibility index (Phi) is 3.89.